The lowest BCUT2D eigenvalue weighted by Crippen LogP contribution is -2.33. The van der Waals surface area contributed by atoms with E-state index < -0.39 is 24.1 Å². The Morgan fingerprint density at radius 2 is 1.80 bits per heavy atom. The average Bonchev–Trinajstić information content (AvgIpc) is 3.14. The standard InChI is InChI=1S/C21H27N3O4.2ClH/c1-15(2)19(12-22)21(26)28-16(3)27-20(25)9-8-17-4-6-18(7-5-17)13-24-11-10-23-14-24;;/h4-11,14-16,19H,12-13,22H2,1-3H3;2*1H/b9-8+;;. The highest BCUT2D eigenvalue weighted by Crippen LogP contribution is 2.13. The summed E-state index contributed by atoms with van der Waals surface area (Å²) >= 11 is 0. The van der Waals surface area contributed by atoms with Crippen molar-refractivity contribution in [2.75, 3.05) is 6.54 Å². The number of rotatable bonds is 9. The molecule has 0 aliphatic rings. The minimum atomic E-state index is -0.977. The number of aromatic nitrogens is 2. The van der Waals surface area contributed by atoms with Crippen LogP contribution in [0.3, 0.4) is 0 Å². The van der Waals surface area contributed by atoms with Gasteiger partial charge < -0.3 is 19.8 Å². The fourth-order valence-corrected chi connectivity index (χ4v) is 2.61. The molecule has 2 N–H and O–H groups in total. The zero-order valence-corrected chi connectivity index (χ0v) is 18.9. The Labute approximate surface area is 189 Å². The van der Waals surface area contributed by atoms with E-state index in [0.717, 1.165) is 17.7 Å². The Hall–Kier alpha value is -2.35. The molecule has 2 atom stereocenters. The van der Waals surface area contributed by atoms with Crippen LogP contribution in [0.25, 0.3) is 6.08 Å². The van der Waals surface area contributed by atoms with Crippen LogP contribution in [0.15, 0.2) is 49.1 Å². The van der Waals surface area contributed by atoms with Crippen molar-refractivity contribution in [1.29, 1.82) is 0 Å². The summed E-state index contributed by atoms with van der Waals surface area (Å²) in [6.45, 7) is 6.20. The molecule has 1 heterocycles. The summed E-state index contributed by atoms with van der Waals surface area (Å²) < 4.78 is 12.2. The quantitative estimate of drug-likeness (QED) is 0.351. The van der Waals surface area contributed by atoms with Gasteiger partial charge in [-0.15, -0.1) is 24.8 Å². The van der Waals surface area contributed by atoms with Gasteiger partial charge in [0.1, 0.15) is 0 Å². The molecule has 0 spiro atoms. The van der Waals surface area contributed by atoms with Crippen LogP contribution in [0.4, 0.5) is 0 Å². The number of carbonyl (C=O) groups is 2. The summed E-state index contributed by atoms with van der Waals surface area (Å²) in [7, 11) is 0. The molecule has 0 aliphatic carbocycles. The molecule has 0 fully saturated rings. The second-order valence-corrected chi connectivity index (χ2v) is 6.84. The third-order valence-electron chi connectivity index (χ3n) is 4.24. The van der Waals surface area contributed by atoms with E-state index in [1.807, 2.05) is 48.9 Å². The van der Waals surface area contributed by atoms with Crippen molar-refractivity contribution in [2.45, 2.75) is 33.6 Å². The summed E-state index contributed by atoms with van der Waals surface area (Å²) in [4.78, 5) is 28.0. The normalized spacial score (nSPS) is 12.6. The number of hydrogen-bond acceptors (Lipinski definition) is 6. The first-order valence-corrected chi connectivity index (χ1v) is 9.23. The maximum absolute atomic E-state index is 12.0. The van der Waals surface area contributed by atoms with E-state index in [1.54, 1.807) is 18.6 Å². The second-order valence-electron chi connectivity index (χ2n) is 6.84. The van der Waals surface area contributed by atoms with Crippen LogP contribution in [0, 0.1) is 11.8 Å². The number of halogens is 2. The van der Waals surface area contributed by atoms with Crippen LogP contribution in [-0.4, -0.2) is 34.3 Å². The maximum atomic E-state index is 12.0. The maximum Gasteiger partial charge on any atom is 0.333 e. The fraction of sp³-hybridized carbons (Fsp3) is 0.381. The average molecular weight is 458 g/mol. The Kier molecular flexibility index (Phi) is 12.7. The highest BCUT2D eigenvalue weighted by molar-refractivity contribution is 5.87. The van der Waals surface area contributed by atoms with E-state index >= 15 is 0 Å². The minimum absolute atomic E-state index is 0. The van der Waals surface area contributed by atoms with Crippen molar-refractivity contribution in [1.82, 2.24) is 9.55 Å². The van der Waals surface area contributed by atoms with Crippen LogP contribution in [0.2, 0.25) is 0 Å². The highest BCUT2D eigenvalue weighted by atomic mass is 35.5. The summed E-state index contributed by atoms with van der Waals surface area (Å²) in [5.41, 5.74) is 7.57. The van der Waals surface area contributed by atoms with Crippen molar-refractivity contribution >= 4 is 42.8 Å². The molecule has 0 bridgehead atoms. The molecule has 0 aliphatic heterocycles. The molecule has 1 aromatic carbocycles. The monoisotopic (exact) mass is 457 g/mol. The zero-order valence-electron chi connectivity index (χ0n) is 17.3. The van der Waals surface area contributed by atoms with Gasteiger partial charge in [-0.05, 0) is 23.1 Å². The van der Waals surface area contributed by atoms with Gasteiger partial charge in [0, 0.05) is 38.5 Å². The molecule has 0 saturated carbocycles. The van der Waals surface area contributed by atoms with Crippen molar-refractivity contribution in [3.63, 3.8) is 0 Å². The molecule has 0 radical (unpaired) electrons. The lowest BCUT2D eigenvalue weighted by molar-refractivity contribution is -0.185. The topological polar surface area (TPSA) is 96.4 Å². The van der Waals surface area contributed by atoms with Gasteiger partial charge >= 0.3 is 11.9 Å². The van der Waals surface area contributed by atoms with Crippen LogP contribution in [0.1, 0.15) is 31.9 Å². The third-order valence-corrected chi connectivity index (χ3v) is 4.24. The predicted molar refractivity (Wildman–Crippen MR) is 120 cm³/mol. The summed E-state index contributed by atoms with van der Waals surface area (Å²) in [6.07, 6.45) is 7.37. The Morgan fingerprint density at radius 1 is 1.13 bits per heavy atom. The largest absolute Gasteiger partial charge is 0.425 e. The zero-order chi connectivity index (χ0) is 20.5. The molecule has 0 saturated heterocycles. The van der Waals surface area contributed by atoms with Gasteiger partial charge in [0.25, 0.3) is 0 Å². The Balaban J connectivity index is 0.00000420. The minimum Gasteiger partial charge on any atom is -0.425 e. The third kappa shape index (κ3) is 8.98. The van der Waals surface area contributed by atoms with Gasteiger partial charge in [-0.3, -0.25) is 4.79 Å². The van der Waals surface area contributed by atoms with E-state index in [4.69, 9.17) is 15.2 Å². The van der Waals surface area contributed by atoms with Crippen molar-refractivity contribution in [3.8, 4) is 0 Å². The number of hydrogen-bond donors (Lipinski definition) is 1. The number of nitrogens with two attached hydrogens (primary N) is 1. The molecule has 2 aromatic rings. The van der Waals surface area contributed by atoms with E-state index in [0.29, 0.717) is 0 Å². The number of benzene rings is 1. The van der Waals surface area contributed by atoms with Crippen molar-refractivity contribution < 1.29 is 19.1 Å². The van der Waals surface area contributed by atoms with Crippen LogP contribution >= 0.6 is 24.8 Å². The number of ether oxygens (including phenoxy) is 2. The molecule has 166 valence electrons. The Bertz CT molecular complexity index is 793. The lowest BCUT2D eigenvalue weighted by Gasteiger charge is -2.20. The second kappa shape index (κ2) is 13.8. The van der Waals surface area contributed by atoms with Crippen LogP contribution in [0.5, 0.6) is 0 Å². The summed E-state index contributed by atoms with van der Waals surface area (Å²) in [5.74, 6) is -1.42. The number of carbonyl (C=O) groups excluding carboxylic acids is 2. The van der Waals surface area contributed by atoms with Crippen molar-refractivity contribution in [3.05, 3.63) is 60.2 Å². The number of imidazole rings is 1. The molecule has 2 unspecified atom stereocenters. The molecule has 7 nitrogen and oxygen atoms in total. The first-order chi connectivity index (χ1) is 13.4. The van der Waals surface area contributed by atoms with E-state index in [1.165, 1.54) is 13.0 Å². The fourth-order valence-electron chi connectivity index (χ4n) is 2.61. The summed E-state index contributed by atoms with van der Waals surface area (Å²) in [6, 6.07) is 7.78. The molecule has 1 aromatic heterocycles. The molecule has 0 amide bonds. The molecular weight excluding hydrogens is 429 g/mol. The van der Waals surface area contributed by atoms with Gasteiger partial charge in [0.2, 0.25) is 6.29 Å². The van der Waals surface area contributed by atoms with Crippen LogP contribution < -0.4 is 5.73 Å². The van der Waals surface area contributed by atoms with Gasteiger partial charge in [0.15, 0.2) is 0 Å². The Morgan fingerprint density at radius 3 is 2.33 bits per heavy atom. The van der Waals surface area contributed by atoms with Crippen molar-refractivity contribution in [2.24, 2.45) is 17.6 Å². The molecule has 30 heavy (non-hydrogen) atoms. The van der Waals surface area contributed by atoms with Gasteiger partial charge in [-0.1, -0.05) is 38.1 Å². The van der Waals surface area contributed by atoms with E-state index in [-0.39, 0.29) is 37.3 Å². The van der Waals surface area contributed by atoms with Gasteiger partial charge in [0.05, 0.1) is 12.2 Å². The first-order valence-electron chi connectivity index (χ1n) is 9.23. The smallest absolute Gasteiger partial charge is 0.333 e. The van der Waals surface area contributed by atoms with Gasteiger partial charge in [-0.25, -0.2) is 9.78 Å². The lowest BCUT2D eigenvalue weighted by atomic mass is 9.96. The predicted octanol–water partition coefficient (Wildman–Crippen LogP) is 3.45. The van der Waals surface area contributed by atoms with Gasteiger partial charge in [-0.2, -0.15) is 0 Å². The van der Waals surface area contributed by atoms with E-state index in [9.17, 15) is 9.59 Å². The number of esters is 2. The summed E-state index contributed by atoms with van der Waals surface area (Å²) in [5, 5.41) is 0. The molecule has 2 rings (SSSR count). The first kappa shape index (κ1) is 27.6. The van der Waals surface area contributed by atoms with Crippen LogP contribution in [-0.2, 0) is 25.6 Å². The highest BCUT2D eigenvalue weighted by Gasteiger charge is 2.24. The molecule has 9 heteroatoms. The SMILES string of the molecule is CC(OC(=O)/C=C/c1ccc(Cn2ccnc2)cc1)OC(=O)C(CN)C(C)C.Cl.Cl. The van der Waals surface area contributed by atoms with E-state index in [2.05, 4.69) is 4.98 Å². The number of nitrogens with zero attached hydrogens (tertiary/aromatic N) is 2. The molecular formula is C21H29Cl2N3O4.